The van der Waals surface area contributed by atoms with E-state index in [1.165, 1.54) is 36.7 Å². The van der Waals surface area contributed by atoms with Crippen LogP contribution in [0.3, 0.4) is 0 Å². The molecular formula is C44H31NOS. The van der Waals surface area contributed by atoms with E-state index in [-0.39, 0.29) is 6.04 Å². The molecule has 2 heterocycles. The van der Waals surface area contributed by atoms with E-state index in [9.17, 15) is 0 Å². The van der Waals surface area contributed by atoms with Gasteiger partial charge < -0.3 is 9.32 Å². The summed E-state index contributed by atoms with van der Waals surface area (Å²) in [6.45, 7) is 4.03. The summed E-state index contributed by atoms with van der Waals surface area (Å²) in [7, 11) is 0. The molecule has 0 fully saturated rings. The maximum absolute atomic E-state index is 6.44. The number of rotatable bonds is 6. The van der Waals surface area contributed by atoms with Crippen molar-refractivity contribution in [1.82, 2.24) is 0 Å². The van der Waals surface area contributed by atoms with Crippen molar-refractivity contribution in [2.24, 2.45) is 0 Å². The number of nitrogens with zero attached hydrogens (tertiary/aromatic N) is 1. The molecule has 0 N–H and O–H groups in total. The molecule has 2 nitrogen and oxygen atoms in total. The Morgan fingerprint density at radius 3 is 2.51 bits per heavy atom. The largest absolute Gasteiger partial charge is 0.455 e. The van der Waals surface area contributed by atoms with Crippen LogP contribution in [0.4, 0.5) is 5.69 Å². The molecule has 47 heavy (non-hydrogen) atoms. The molecule has 0 radical (unpaired) electrons. The molecule has 0 bridgehead atoms. The first kappa shape index (κ1) is 27.7. The van der Waals surface area contributed by atoms with Crippen molar-refractivity contribution < 1.29 is 4.42 Å². The zero-order valence-corrected chi connectivity index (χ0v) is 26.6. The van der Waals surface area contributed by atoms with Gasteiger partial charge in [0.15, 0.2) is 0 Å². The predicted molar refractivity (Wildman–Crippen MR) is 203 cm³/mol. The van der Waals surface area contributed by atoms with E-state index >= 15 is 0 Å². The molecule has 1 aliphatic carbocycles. The van der Waals surface area contributed by atoms with Crippen LogP contribution in [0.1, 0.15) is 29.2 Å². The molecule has 1 atom stereocenters. The van der Waals surface area contributed by atoms with E-state index in [4.69, 9.17) is 4.42 Å². The Morgan fingerprint density at radius 2 is 1.57 bits per heavy atom. The molecule has 2 aromatic heterocycles. The number of benzene rings is 6. The Bertz CT molecular complexity index is 2590. The minimum atomic E-state index is 0.115. The van der Waals surface area contributed by atoms with Crippen molar-refractivity contribution in [3.05, 3.63) is 175 Å². The lowest BCUT2D eigenvalue weighted by Crippen LogP contribution is -2.28. The highest BCUT2D eigenvalue weighted by Gasteiger charge is 2.27. The van der Waals surface area contributed by atoms with Crippen LogP contribution in [0.5, 0.6) is 0 Å². The van der Waals surface area contributed by atoms with Gasteiger partial charge in [-0.1, -0.05) is 110 Å². The maximum Gasteiger partial charge on any atom is 0.143 e. The fraction of sp³-hybridized carbons (Fsp3) is 0.0455. The van der Waals surface area contributed by atoms with Crippen LogP contribution in [0.2, 0.25) is 0 Å². The zero-order valence-electron chi connectivity index (χ0n) is 25.8. The first-order valence-electron chi connectivity index (χ1n) is 16.1. The van der Waals surface area contributed by atoms with Gasteiger partial charge in [-0.15, -0.1) is 11.3 Å². The van der Waals surface area contributed by atoms with Crippen LogP contribution >= 0.6 is 11.3 Å². The topological polar surface area (TPSA) is 16.4 Å². The Kier molecular flexibility index (Phi) is 6.65. The predicted octanol–water partition coefficient (Wildman–Crippen LogP) is 12.9. The second kappa shape index (κ2) is 11.3. The molecule has 0 spiro atoms. The lowest BCUT2D eigenvalue weighted by molar-refractivity contribution is 0.672. The third-order valence-corrected chi connectivity index (χ3v) is 10.5. The number of furan rings is 1. The summed E-state index contributed by atoms with van der Waals surface area (Å²) in [5.74, 6) is 0. The lowest BCUT2D eigenvalue weighted by atomic mass is 9.90. The average Bonchev–Trinajstić information content (AvgIpc) is 3.69. The van der Waals surface area contributed by atoms with E-state index in [1.54, 1.807) is 0 Å². The smallest absolute Gasteiger partial charge is 0.143 e. The number of hydrogen-bond acceptors (Lipinski definition) is 3. The van der Waals surface area contributed by atoms with E-state index < -0.39 is 0 Å². The van der Waals surface area contributed by atoms with Crippen molar-refractivity contribution in [2.45, 2.75) is 12.5 Å². The van der Waals surface area contributed by atoms with Crippen LogP contribution in [0, 0.1) is 0 Å². The third-order valence-electron chi connectivity index (χ3n) is 9.34. The van der Waals surface area contributed by atoms with E-state index in [0.29, 0.717) is 0 Å². The number of anilines is 1. The normalized spacial score (nSPS) is 15.0. The van der Waals surface area contributed by atoms with Gasteiger partial charge in [0.1, 0.15) is 11.2 Å². The molecule has 1 aliphatic rings. The molecule has 0 aliphatic heterocycles. The lowest BCUT2D eigenvalue weighted by Gasteiger charge is -2.37. The summed E-state index contributed by atoms with van der Waals surface area (Å²) in [6.07, 6.45) is 13.8. The number of fused-ring (bicyclic) bond motifs is 9. The summed E-state index contributed by atoms with van der Waals surface area (Å²) in [4.78, 5) is 2.51. The minimum Gasteiger partial charge on any atom is -0.455 e. The van der Waals surface area contributed by atoms with E-state index in [1.807, 2.05) is 23.5 Å². The van der Waals surface area contributed by atoms with E-state index in [2.05, 4.69) is 157 Å². The first-order valence-corrected chi connectivity index (χ1v) is 16.9. The number of hydrogen-bond donors (Lipinski definition) is 0. The third kappa shape index (κ3) is 4.70. The Balaban J connectivity index is 1.26. The maximum atomic E-state index is 6.44. The fourth-order valence-electron chi connectivity index (χ4n) is 7.18. The second-order valence-corrected chi connectivity index (χ2v) is 13.2. The summed E-state index contributed by atoms with van der Waals surface area (Å²) in [6, 6.07) is 43.9. The fourth-order valence-corrected chi connectivity index (χ4v) is 8.27. The summed E-state index contributed by atoms with van der Waals surface area (Å²) in [5, 5.41) is 7.17. The van der Waals surface area contributed by atoms with Crippen molar-refractivity contribution in [3.63, 3.8) is 0 Å². The molecule has 1 unspecified atom stereocenters. The average molecular weight is 622 g/mol. The highest BCUT2D eigenvalue weighted by molar-refractivity contribution is 7.25. The number of allylic oxidation sites excluding steroid dienone is 3. The molecule has 0 saturated carbocycles. The first-order chi connectivity index (χ1) is 23.2. The minimum absolute atomic E-state index is 0.115. The van der Waals surface area contributed by atoms with Crippen LogP contribution in [-0.4, -0.2) is 0 Å². The van der Waals surface area contributed by atoms with Gasteiger partial charge in [-0.3, -0.25) is 0 Å². The summed E-state index contributed by atoms with van der Waals surface area (Å²) in [5.41, 5.74) is 7.80. The highest BCUT2D eigenvalue weighted by atomic mass is 32.1. The highest BCUT2D eigenvalue weighted by Crippen LogP contribution is 2.43. The summed E-state index contributed by atoms with van der Waals surface area (Å²) >= 11 is 1.85. The standard InChI is InChI=1S/C44H31NOS/c1-2-3-14-32(26-29-20-24-41-38(27-29)37-23-21-31-12-5-7-16-35(31)44(37)46-41)45(40-18-10-13-30-11-4-6-15-34(30)40)33-22-25-43-39(28-33)36-17-8-9-19-42(36)47-43/h2-17,19-28,40H,1,18H2/b14-3-,32-26-. The van der Waals surface area contributed by atoms with Gasteiger partial charge in [0, 0.05) is 47.7 Å². The molecule has 9 rings (SSSR count). The SMILES string of the molecule is C=C/C=C\C(=C\c1ccc2oc3c4ccccc4ccc3c2c1)N(c1ccc2sc3ccccc3c2c1)C1CC=Cc2ccccc21. The summed E-state index contributed by atoms with van der Waals surface area (Å²) < 4.78 is 9.06. The Labute approximate surface area is 277 Å². The zero-order chi connectivity index (χ0) is 31.3. The van der Waals surface area contributed by atoms with Crippen molar-refractivity contribution in [2.75, 3.05) is 4.90 Å². The monoisotopic (exact) mass is 621 g/mol. The quantitative estimate of drug-likeness (QED) is 0.172. The second-order valence-electron chi connectivity index (χ2n) is 12.1. The molecule has 3 heteroatoms. The van der Waals surface area contributed by atoms with Crippen LogP contribution in [-0.2, 0) is 0 Å². The van der Waals surface area contributed by atoms with Gasteiger partial charge in [-0.25, -0.2) is 0 Å². The van der Waals surface area contributed by atoms with Crippen molar-refractivity contribution in [1.29, 1.82) is 0 Å². The molecule has 0 amide bonds. The van der Waals surface area contributed by atoms with E-state index in [0.717, 1.165) is 50.7 Å². The number of thiophene rings is 1. The molecule has 6 aromatic carbocycles. The van der Waals surface area contributed by atoms with Crippen LogP contribution < -0.4 is 4.90 Å². The van der Waals surface area contributed by atoms with Crippen molar-refractivity contribution in [3.8, 4) is 0 Å². The van der Waals surface area contributed by atoms with Gasteiger partial charge in [0.25, 0.3) is 0 Å². The van der Waals surface area contributed by atoms with Crippen molar-refractivity contribution >= 4 is 82.1 Å². The molecule has 224 valence electrons. The Hall–Kier alpha value is -5.64. The molecule has 8 aromatic rings. The van der Waals surface area contributed by atoms with Gasteiger partial charge in [0.2, 0.25) is 0 Å². The van der Waals surface area contributed by atoms with Gasteiger partial charge in [-0.2, -0.15) is 0 Å². The Morgan fingerprint density at radius 1 is 0.745 bits per heavy atom. The van der Waals surface area contributed by atoms with Crippen LogP contribution in [0.15, 0.2) is 162 Å². The van der Waals surface area contributed by atoms with Crippen LogP contribution in [0.25, 0.3) is 65.0 Å². The van der Waals surface area contributed by atoms with Gasteiger partial charge in [-0.05, 0) is 83.1 Å². The van der Waals surface area contributed by atoms with Gasteiger partial charge in [0.05, 0.1) is 6.04 Å². The van der Waals surface area contributed by atoms with Gasteiger partial charge >= 0.3 is 0 Å². The molecular weight excluding hydrogens is 591 g/mol. The molecule has 0 saturated heterocycles.